The van der Waals surface area contributed by atoms with Gasteiger partial charge in [-0.3, -0.25) is 0 Å². The van der Waals surface area contributed by atoms with Gasteiger partial charge in [0.1, 0.15) is 12.4 Å². The molecule has 0 spiro atoms. The van der Waals surface area contributed by atoms with E-state index in [2.05, 4.69) is 0 Å². The molecule has 0 unspecified atom stereocenters. The molecule has 0 amide bonds. The third-order valence-electron chi connectivity index (χ3n) is 2.74. The topological polar surface area (TPSA) is 43.4 Å². The van der Waals surface area contributed by atoms with Gasteiger partial charge in [0.25, 0.3) is 0 Å². The van der Waals surface area contributed by atoms with Gasteiger partial charge in [-0.1, -0.05) is 35.9 Å². The Morgan fingerprint density at radius 2 is 1.58 bits per heavy atom. The van der Waals surface area contributed by atoms with Gasteiger partial charge in [0.05, 0.1) is 10.6 Å². The third-order valence-corrected chi connectivity index (χ3v) is 4.44. The first-order valence-corrected chi connectivity index (χ1v) is 7.70. The van der Waals surface area contributed by atoms with Crippen LogP contribution < -0.4 is 4.74 Å². The smallest absolute Gasteiger partial charge is 0.181 e. The summed E-state index contributed by atoms with van der Waals surface area (Å²) in [5.74, 6) is 0.659. The maximum Gasteiger partial charge on any atom is 0.181 e. The van der Waals surface area contributed by atoms with Gasteiger partial charge in [-0.05, 0) is 31.2 Å². The van der Waals surface area contributed by atoms with E-state index < -0.39 is 9.84 Å². The molecule has 0 atom stereocenters. The number of ether oxygens (including phenoxy) is 1. The highest BCUT2D eigenvalue weighted by atomic mass is 32.2. The lowest BCUT2D eigenvalue weighted by molar-refractivity contribution is 0.341. The summed E-state index contributed by atoms with van der Waals surface area (Å²) < 4.78 is 29.5. The van der Waals surface area contributed by atoms with Gasteiger partial charge in [-0.2, -0.15) is 0 Å². The predicted molar refractivity (Wildman–Crippen MR) is 75.2 cm³/mol. The van der Waals surface area contributed by atoms with Crippen molar-refractivity contribution in [1.82, 2.24) is 0 Å². The molecule has 0 aromatic heterocycles. The summed E-state index contributed by atoms with van der Waals surface area (Å²) in [6.45, 7) is 2.08. The lowest BCUT2D eigenvalue weighted by atomic mass is 10.2. The zero-order valence-electron chi connectivity index (χ0n) is 10.7. The Labute approximate surface area is 113 Å². The lowest BCUT2D eigenvalue weighted by Crippen LogP contribution is -2.14. The largest absolute Gasteiger partial charge is 0.493 e. The van der Waals surface area contributed by atoms with Crippen molar-refractivity contribution in [1.29, 1.82) is 0 Å². The van der Waals surface area contributed by atoms with Gasteiger partial charge >= 0.3 is 0 Å². The number of hydrogen-bond donors (Lipinski definition) is 0. The third kappa shape index (κ3) is 3.83. The van der Waals surface area contributed by atoms with Gasteiger partial charge in [-0.15, -0.1) is 0 Å². The highest BCUT2D eigenvalue weighted by Crippen LogP contribution is 2.13. The molecule has 0 aliphatic rings. The van der Waals surface area contributed by atoms with Gasteiger partial charge in [-0.25, -0.2) is 8.42 Å². The van der Waals surface area contributed by atoms with Crippen LogP contribution in [0.1, 0.15) is 5.56 Å². The maximum absolute atomic E-state index is 12.1. The van der Waals surface area contributed by atoms with Crippen LogP contribution in [0.5, 0.6) is 5.75 Å². The zero-order valence-corrected chi connectivity index (χ0v) is 11.6. The van der Waals surface area contributed by atoms with Gasteiger partial charge < -0.3 is 4.74 Å². The quantitative estimate of drug-likeness (QED) is 0.843. The van der Waals surface area contributed by atoms with Crippen molar-refractivity contribution in [2.24, 2.45) is 0 Å². The summed E-state index contributed by atoms with van der Waals surface area (Å²) in [5, 5.41) is 0. The van der Waals surface area contributed by atoms with E-state index >= 15 is 0 Å². The molecular weight excluding hydrogens is 260 g/mol. The first-order chi connectivity index (χ1) is 9.08. The molecule has 0 bridgehead atoms. The van der Waals surface area contributed by atoms with Crippen LogP contribution in [0.25, 0.3) is 0 Å². The summed E-state index contributed by atoms with van der Waals surface area (Å²) >= 11 is 0. The molecule has 2 aromatic rings. The normalized spacial score (nSPS) is 11.2. The number of hydrogen-bond acceptors (Lipinski definition) is 3. The van der Waals surface area contributed by atoms with Crippen molar-refractivity contribution in [3.8, 4) is 5.75 Å². The van der Waals surface area contributed by atoms with E-state index in [1.165, 1.54) is 0 Å². The van der Waals surface area contributed by atoms with Crippen LogP contribution in [0.15, 0.2) is 59.5 Å². The van der Waals surface area contributed by atoms with E-state index in [1.807, 2.05) is 25.1 Å². The molecule has 0 aliphatic carbocycles. The molecule has 2 aromatic carbocycles. The predicted octanol–water partition coefficient (Wildman–Crippen LogP) is 2.85. The minimum Gasteiger partial charge on any atom is -0.493 e. The van der Waals surface area contributed by atoms with E-state index in [9.17, 15) is 8.42 Å². The summed E-state index contributed by atoms with van der Waals surface area (Å²) in [6, 6.07) is 16.1. The first kappa shape index (κ1) is 13.6. The van der Waals surface area contributed by atoms with Crippen LogP contribution in [0.2, 0.25) is 0 Å². The molecule has 0 fully saturated rings. The van der Waals surface area contributed by atoms with Gasteiger partial charge in [0.15, 0.2) is 9.84 Å². The molecule has 2 rings (SSSR count). The fourth-order valence-corrected chi connectivity index (χ4v) is 2.74. The summed E-state index contributed by atoms with van der Waals surface area (Å²) in [4.78, 5) is 0.342. The van der Waals surface area contributed by atoms with Crippen LogP contribution in [-0.4, -0.2) is 20.8 Å². The van der Waals surface area contributed by atoms with E-state index in [0.29, 0.717) is 10.6 Å². The number of aryl methyl sites for hydroxylation is 1. The second-order valence-electron chi connectivity index (χ2n) is 4.29. The van der Waals surface area contributed by atoms with Crippen molar-refractivity contribution in [2.45, 2.75) is 11.8 Å². The number of rotatable bonds is 5. The average molecular weight is 276 g/mol. The summed E-state index contributed by atoms with van der Waals surface area (Å²) in [7, 11) is -3.27. The van der Waals surface area contributed by atoms with Gasteiger partial charge in [0.2, 0.25) is 0 Å². The SMILES string of the molecule is Cc1ccc(S(=O)(=O)CCOc2ccccc2)cc1. The van der Waals surface area contributed by atoms with Gasteiger partial charge in [0, 0.05) is 0 Å². The second kappa shape index (κ2) is 5.89. The van der Waals surface area contributed by atoms with Crippen molar-refractivity contribution < 1.29 is 13.2 Å². The molecule has 0 saturated carbocycles. The van der Waals surface area contributed by atoms with E-state index in [4.69, 9.17) is 4.74 Å². The number of sulfone groups is 1. The fraction of sp³-hybridized carbons (Fsp3) is 0.200. The fourth-order valence-electron chi connectivity index (χ4n) is 1.65. The molecule has 3 nitrogen and oxygen atoms in total. The molecule has 0 heterocycles. The molecule has 0 radical (unpaired) electrons. The Hall–Kier alpha value is -1.81. The van der Waals surface area contributed by atoms with E-state index in [1.54, 1.807) is 36.4 Å². The van der Waals surface area contributed by atoms with Crippen LogP contribution in [-0.2, 0) is 9.84 Å². The second-order valence-corrected chi connectivity index (χ2v) is 6.40. The minimum absolute atomic E-state index is 0.0229. The summed E-state index contributed by atoms with van der Waals surface area (Å²) in [6.07, 6.45) is 0. The van der Waals surface area contributed by atoms with Crippen molar-refractivity contribution >= 4 is 9.84 Å². The maximum atomic E-state index is 12.1. The molecule has 19 heavy (non-hydrogen) atoms. The Morgan fingerprint density at radius 3 is 2.21 bits per heavy atom. The molecule has 4 heteroatoms. The molecule has 0 saturated heterocycles. The summed E-state index contributed by atoms with van der Waals surface area (Å²) in [5.41, 5.74) is 1.04. The first-order valence-electron chi connectivity index (χ1n) is 6.05. The number of benzene rings is 2. The van der Waals surface area contributed by atoms with Crippen LogP contribution >= 0.6 is 0 Å². The Bertz CT molecular complexity index is 616. The Kier molecular flexibility index (Phi) is 4.22. The van der Waals surface area contributed by atoms with Crippen molar-refractivity contribution in [2.75, 3.05) is 12.4 Å². The average Bonchev–Trinajstić information content (AvgIpc) is 2.40. The Balaban J connectivity index is 1.97. The molecule has 100 valence electrons. The zero-order chi connectivity index (χ0) is 13.7. The van der Waals surface area contributed by atoms with Crippen LogP contribution in [0.4, 0.5) is 0 Å². The molecule has 0 aliphatic heterocycles. The highest BCUT2D eigenvalue weighted by molar-refractivity contribution is 7.91. The monoisotopic (exact) mass is 276 g/mol. The highest BCUT2D eigenvalue weighted by Gasteiger charge is 2.14. The van der Waals surface area contributed by atoms with Crippen LogP contribution in [0.3, 0.4) is 0 Å². The standard InChI is InChI=1S/C15H16O3S/c1-13-7-9-15(10-8-13)19(16,17)12-11-18-14-5-3-2-4-6-14/h2-10H,11-12H2,1H3. The minimum atomic E-state index is -3.27. The lowest BCUT2D eigenvalue weighted by Gasteiger charge is -2.07. The molecular formula is C15H16O3S. The van der Waals surface area contributed by atoms with Crippen molar-refractivity contribution in [3.05, 3.63) is 60.2 Å². The van der Waals surface area contributed by atoms with E-state index in [0.717, 1.165) is 5.56 Å². The van der Waals surface area contributed by atoms with E-state index in [-0.39, 0.29) is 12.4 Å². The molecule has 0 N–H and O–H groups in total. The van der Waals surface area contributed by atoms with Crippen LogP contribution in [0, 0.1) is 6.92 Å². The van der Waals surface area contributed by atoms with Crippen molar-refractivity contribution in [3.63, 3.8) is 0 Å². The number of para-hydroxylation sites is 1. The Morgan fingerprint density at radius 1 is 0.947 bits per heavy atom.